The van der Waals surface area contributed by atoms with Crippen LogP contribution in [0, 0.1) is 13.8 Å². The summed E-state index contributed by atoms with van der Waals surface area (Å²) in [4.78, 5) is 13.9. The molecule has 0 aliphatic heterocycles. The summed E-state index contributed by atoms with van der Waals surface area (Å²) in [6, 6.07) is 12.0. The second kappa shape index (κ2) is 4.94. The van der Waals surface area contributed by atoms with Gasteiger partial charge in [0.05, 0.1) is 10.3 Å². The van der Waals surface area contributed by atoms with Gasteiger partial charge in [-0.05, 0) is 48.2 Å². The van der Waals surface area contributed by atoms with Crippen molar-refractivity contribution in [3.8, 4) is 0 Å². The van der Waals surface area contributed by atoms with Crippen LogP contribution in [0.15, 0.2) is 45.6 Å². The molecule has 4 heteroatoms. The fraction of sp³-hybridized carbons (Fsp3) is 0.188. The molecule has 0 bridgehead atoms. The van der Waals surface area contributed by atoms with Gasteiger partial charge in [-0.3, -0.25) is 4.98 Å². The third kappa shape index (κ3) is 2.20. The molecular formula is C16H14BrNO2. The number of aromatic amines is 1. The van der Waals surface area contributed by atoms with Crippen LogP contribution in [-0.2, 0) is 0 Å². The van der Waals surface area contributed by atoms with Crippen molar-refractivity contribution in [2.24, 2.45) is 0 Å². The zero-order chi connectivity index (χ0) is 14.3. The molecular weight excluding hydrogens is 318 g/mol. The van der Waals surface area contributed by atoms with E-state index in [0.29, 0.717) is 5.58 Å². The van der Waals surface area contributed by atoms with Gasteiger partial charge in [0.2, 0.25) is 0 Å². The minimum Gasteiger partial charge on any atom is -0.408 e. The quantitative estimate of drug-likeness (QED) is 0.714. The summed E-state index contributed by atoms with van der Waals surface area (Å²) in [6.07, 6.45) is 0. The standard InChI is InChI=1S/C16H14BrNO2/c1-9-4-3-5-12(10(9)2)15(17)11-6-7-13-14(8-11)20-16(19)18-13/h3-8,15H,1-2H3,(H,18,19). The van der Waals surface area contributed by atoms with Crippen molar-refractivity contribution in [3.63, 3.8) is 0 Å². The number of hydrogen-bond donors (Lipinski definition) is 1. The van der Waals surface area contributed by atoms with Crippen molar-refractivity contribution in [1.29, 1.82) is 0 Å². The first-order valence-corrected chi connectivity index (χ1v) is 7.31. The highest BCUT2D eigenvalue weighted by molar-refractivity contribution is 9.09. The van der Waals surface area contributed by atoms with Crippen LogP contribution in [0.25, 0.3) is 11.1 Å². The lowest BCUT2D eigenvalue weighted by Crippen LogP contribution is -1.97. The minimum atomic E-state index is -0.421. The van der Waals surface area contributed by atoms with Crippen molar-refractivity contribution < 1.29 is 4.42 Å². The summed E-state index contributed by atoms with van der Waals surface area (Å²) >= 11 is 3.74. The molecule has 1 aromatic heterocycles. The highest BCUT2D eigenvalue weighted by Gasteiger charge is 2.15. The molecule has 20 heavy (non-hydrogen) atoms. The largest absolute Gasteiger partial charge is 0.417 e. The fourth-order valence-electron chi connectivity index (χ4n) is 2.35. The van der Waals surface area contributed by atoms with E-state index in [9.17, 15) is 4.79 Å². The van der Waals surface area contributed by atoms with Gasteiger partial charge in [0, 0.05) is 0 Å². The molecule has 3 nitrogen and oxygen atoms in total. The van der Waals surface area contributed by atoms with Gasteiger partial charge in [-0.15, -0.1) is 0 Å². The molecule has 102 valence electrons. The van der Waals surface area contributed by atoms with Gasteiger partial charge in [0.15, 0.2) is 5.58 Å². The van der Waals surface area contributed by atoms with Crippen molar-refractivity contribution in [1.82, 2.24) is 4.98 Å². The summed E-state index contributed by atoms with van der Waals surface area (Å²) in [5.74, 6) is -0.421. The second-order valence-corrected chi connectivity index (χ2v) is 5.84. The molecule has 0 amide bonds. The van der Waals surface area contributed by atoms with E-state index in [1.54, 1.807) is 0 Å². The zero-order valence-electron chi connectivity index (χ0n) is 11.2. The molecule has 1 N–H and O–H groups in total. The first-order chi connectivity index (χ1) is 9.56. The Morgan fingerprint density at radius 2 is 2.00 bits per heavy atom. The Morgan fingerprint density at radius 3 is 2.80 bits per heavy atom. The lowest BCUT2D eigenvalue weighted by Gasteiger charge is -2.15. The smallest absolute Gasteiger partial charge is 0.408 e. The number of benzene rings is 2. The van der Waals surface area contributed by atoms with Crippen LogP contribution in [0.2, 0.25) is 0 Å². The number of fused-ring (bicyclic) bond motifs is 1. The Bertz CT molecular complexity index is 832. The van der Waals surface area contributed by atoms with E-state index in [-0.39, 0.29) is 4.83 Å². The predicted molar refractivity (Wildman–Crippen MR) is 83.5 cm³/mol. The van der Waals surface area contributed by atoms with Crippen molar-refractivity contribution in [2.45, 2.75) is 18.7 Å². The normalized spacial score (nSPS) is 12.8. The number of halogens is 1. The van der Waals surface area contributed by atoms with Gasteiger partial charge in [-0.25, -0.2) is 4.79 Å². The molecule has 1 atom stereocenters. The van der Waals surface area contributed by atoms with Crippen LogP contribution in [0.1, 0.15) is 27.1 Å². The summed E-state index contributed by atoms with van der Waals surface area (Å²) < 4.78 is 5.12. The molecule has 0 spiro atoms. The van der Waals surface area contributed by atoms with Crippen LogP contribution >= 0.6 is 15.9 Å². The minimum absolute atomic E-state index is 0.0759. The van der Waals surface area contributed by atoms with Crippen molar-refractivity contribution in [2.75, 3.05) is 0 Å². The van der Waals surface area contributed by atoms with Crippen LogP contribution in [0.4, 0.5) is 0 Å². The average Bonchev–Trinajstić information content (AvgIpc) is 2.80. The molecule has 0 saturated carbocycles. The van der Waals surface area contributed by atoms with Crippen molar-refractivity contribution in [3.05, 3.63) is 69.2 Å². The number of H-pyrrole nitrogens is 1. The lowest BCUT2D eigenvalue weighted by atomic mass is 9.97. The second-order valence-electron chi connectivity index (χ2n) is 4.92. The van der Waals surface area contributed by atoms with Gasteiger partial charge < -0.3 is 4.42 Å². The third-order valence-corrected chi connectivity index (χ3v) is 4.68. The van der Waals surface area contributed by atoms with Gasteiger partial charge in [0.25, 0.3) is 0 Å². The molecule has 0 radical (unpaired) electrons. The van der Waals surface area contributed by atoms with Gasteiger partial charge in [-0.2, -0.15) is 0 Å². The molecule has 0 saturated heterocycles. The van der Waals surface area contributed by atoms with Gasteiger partial charge >= 0.3 is 5.76 Å². The number of aryl methyl sites for hydroxylation is 1. The molecule has 1 unspecified atom stereocenters. The molecule has 2 aromatic carbocycles. The third-order valence-electron chi connectivity index (χ3n) is 3.66. The van der Waals surface area contributed by atoms with Crippen LogP contribution in [0.3, 0.4) is 0 Å². The first kappa shape index (κ1) is 13.2. The number of hydrogen-bond acceptors (Lipinski definition) is 2. The number of nitrogens with one attached hydrogen (secondary N) is 1. The molecule has 0 fully saturated rings. The SMILES string of the molecule is Cc1cccc(C(Br)c2ccc3[nH]c(=O)oc3c2)c1C. The van der Waals surface area contributed by atoms with E-state index < -0.39 is 5.76 Å². The van der Waals surface area contributed by atoms with Crippen molar-refractivity contribution >= 4 is 27.0 Å². The zero-order valence-corrected chi connectivity index (χ0v) is 12.8. The topological polar surface area (TPSA) is 46.0 Å². The van der Waals surface area contributed by atoms with E-state index >= 15 is 0 Å². The summed E-state index contributed by atoms with van der Waals surface area (Å²) in [5, 5.41) is 0. The molecule has 3 rings (SSSR count). The highest BCUT2D eigenvalue weighted by Crippen LogP contribution is 2.34. The highest BCUT2D eigenvalue weighted by atomic mass is 79.9. The Kier molecular flexibility index (Phi) is 3.26. The monoisotopic (exact) mass is 331 g/mol. The summed E-state index contributed by atoms with van der Waals surface area (Å²) in [6.45, 7) is 4.22. The van der Waals surface area contributed by atoms with E-state index in [1.807, 2.05) is 18.2 Å². The van der Waals surface area contributed by atoms with Gasteiger partial charge in [-0.1, -0.05) is 40.2 Å². The first-order valence-electron chi connectivity index (χ1n) is 6.39. The number of oxazole rings is 1. The summed E-state index contributed by atoms with van der Waals surface area (Å²) in [5.41, 5.74) is 6.13. The van der Waals surface area contributed by atoms with Crippen LogP contribution in [0.5, 0.6) is 0 Å². The average molecular weight is 332 g/mol. The molecule has 1 heterocycles. The number of aromatic nitrogens is 1. The number of rotatable bonds is 2. The van der Waals surface area contributed by atoms with Gasteiger partial charge in [0.1, 0.15) is 0 Å². The molecule has 0 aliphatic rings. The molecule has 0 aliphatic carbocycles. The van der Waals surface area contributed by atoms with E-state index in [2.05, 4.69) is 53.0 Å². The maximum Gasteiger partial charge on any atom is 0.417 e. The Balaban J connectivity index is 2.09. The maximum atomic E-state index is 11.2. The number of alkyl halides is 1. The summed E-state index contributed by atoms with van der Waals surface area (Å²) in [7, 11) is 0. The Hall–Kier alpha value is -1.81. The Labute approximate surface area is 124 Å². The van der Waals surface area contributed by atoms with E-state index in [4.69, 9.17) is 4.42 Å². The predicted octanol–water partition coefficient (Wildman–Crippen LogP) is 4.22. The van der Waals surface area contributed by atoms with Crippen LogP contribution in [-0.4, -0.2) is 4.98 Å². The fourth-order valence-corrected chi connectivity index (χ4v) is 3.13. The Morgan fingerprint density at radius 1 is 1.20 bits per heavy atom. The molecule has 3 aromatic rings. The van der Waals surface area contributed by atoms with E-state index in [1.165, 1.54) is 16.7 Å². The maximum absolute atomic E-state index is 11.2. The van der Waals surface area contributed by atoms with Crippen LogP contribution < -0.4 is 5.76 Å². The van der Waals surface area contributed by atoms with E-state index in [0.717, 1.165) is 11.1 Å². The lowest BCUT2D eigenvalue weighted by molar-refractivity contribution is 0.555.